The minimum absolute atomic E-state index is 0.0964. The number of hydrogen-bond donors (Lipinski definition) is 2. The molecule has 0 saturated heterocycles. The van der Waals surface area contributed by atoms with Crippen molar-refractivity contribution in [1.82, 2.24) is 14.5 Å². The molecule has 1 fully saturated rings. The van der Waals surface area contributed by atoms with E-state index in [1.807, 2.05) is 30.7 Å². The Kier molecular flexibility index (Phi) is 5.57. The van der Waals surface area contributed by atoms with Gasteiger partial charge in [-0.25, -0.2) is 9.97 Å². The number of rotatable bonds is 7. The predicted octanol–water partition coefficient (Wildman–Crippen LogP) is 4.51. The zero-order chi connectivity index (χ0) is 22.1. The molecule has 0 radical (unpaired) electrons. The van der Waals surface area contributed by atoms with Gasteiger partial charge in [0.2, 0.25) is 0 Å². The molecule has 2 aliphatic rings. The molecule has 166 valence electrons. The number of aliphatic hydroxyl groups is 1. The fourth-order valence-corrected chi connectivity index (χ4v) is 5.37. The van der Waals surface area contributed by atoms with Crippen LogP contribution in [0.1, 0.15) is 49.4 Å². The third kappa shape index (κ3) is 3.74. The van der Waals surface area contributed by atoms with Crippen LogP contribution in [0.15, 0.2) is 67.6 Å². The second-order valence-electron chi connectivity index (χ2n) is 9.04. The van der Waals surface area contributed by atoms with Crippen molar-refractivity contribution in [1.29, 1.82) is 0 Å². The zero-order valence-electron chi connectivity index (χ0n) is 18.2. The highest BCUT2D eigenvalue weighted by Crippen LogP contribution is 2.47. The summed E-state index contributed by atoms with van der Waals surface area (Å²) in [7, 11) is 0. The number of aliphatic hydroxyl groups excluding tert-OH is 1. The van der Waals surface area contributed by atoms with Crippen molar-refractivity contribution in [3.8, 4) is 11.3 Å². The Morgan fingerprint density at radius 3 is 2.81 bits per heavy atom. The van der Waals surface area contributed by atoms with Crippen molar-refractivity contribution in [3.05, 3.63) is 78.9 Å². The van der Waals surface area contributed by atoms with Gasteiger partial charge in [0.1, 0.15) is 5.82 Å². The molecule has 1 aliphatic heterocycles. The number of imidazole rings is 1. The quantitative estimate of drug-likeness (QED) is 0.539. The molecule has 2 atom stereocenters. The summed E-state index contributed by atoms with van der Waals surface area (Å²) in [6.45, 7) is 4.58. The van der Waals surface area contributed by atoms with Gasteiger partial charge < -0.3 is 20.1 Å². The van der Waals surface area contributed by atoms with Crippen LogP contribution in [-0.2, 0) is 11.3 Å². The maximum absolute atomic E-state index is 11.4. The van der Waals surface area contributed by atoms with E-state index < -0.39 is 6.10 Å². The number of fused-ring (bicyclic) bond motifs is 3. The Hall–Kier alpha value is -2.96. The van der Waals surface area contributed by atoms with Crippen LogP contribution in [0.5, 0.6) is 0 Å². The smallest absolute Gasteiger partial charge is 0.123 e. The third-order valence-electron chi connectivity index (χ3n) is 7.27. The average Bonchev–Trinajstić information content (AvgIpc) is 3.41. The fraction of sp³-hybridized carbons (Fsp3) is 0.385. The van der Waals surface area contributed by atoms with E-state index in [1.54, 1.807) is 6.07 Å². The van der Waals surface area contributed by atoms with Crippen LogP contribution in [0.25, 0.3) is 11.3 Å². The number of hydrogen-bond acceptors (Lipinski definition) is 5. The molecular weight excluding hydrogens is 400 g/mol. The summed E-state index contributed by atoms with van der Waals surface area (Å²) >= 11 is 0. The van der Waals surface area contributed by atoms with Gasteiger partial charge in [0, 0.05) is 11.0 Å². The van der Waals surface area contributed by atoms with E-state index in [9.17, 15) is 5.11 Å². The molecule has 6 heteroatoms. The van der Waals surface area contributed by atoms with Gasteiger partial charge in [-0.15, -0.1) is 6.58 Å². The Balaban J connectivity index is 1.24. The van der Waals surface area contributed by atoms with Gasteiger partial charge in [0.25, 0.3) is 0 Å². The Bertz CT molecular complexity index is 1100. The third-order valence-corrected chi connectivity index (χ3v) is 7.27. The number of anilines is 1. The van der Waals surface area contributed by atoms with Crippen LogP contribution in [0, 0.1) is 5.41 Å². The first kappa shape index (κ1) is 20.9. The maximum atomic E-state index is 11.4. The molecule has 3 N–H and O–H groups in total. The predicted molar refractivity (Wildman–Crippen MR) is 125 cm³/mol. The second-order valence-corrected chi connectivity index (χ2v) is 9.04. The SMILES string of the molecule is C=C[C@]1(C(O)CC2c3ccccc3-c3cncn32)CC[C@H](OCc2cccc(N)n2)CC1. The van der Waals surface area contributed by atoms with Gasteiger partial charge in [-0.1, -0.05) is 36.4 Å². The number of pyridine rings is 1. The molecular formula is C26H30N4O2. The highest BCUT2D eigenvalue weighted by molar-refractivity contribution is 5.68. The summed E-state index contributed by atoms with van der Waals surface area (Å²) in [4.78, 5) is 8.65. The van der Waals surface area contributed by atoms with Gasteiger partial charge in [-0.3, -0.25) is 0 Å². The molecule has 0 bridgehead atoms. The highest BCUT2D eigenvalue weighted by atomic mass is 16.5. The number of benzene rings is 1. The highest BCUT2D eigenvalue weighted by Gasteiger charge is 2.41. The molecule has 1 aromatic carbocycles. The lowest BCUT2D eigenvalue weighted by atomic mass is 9.68. The van der Waals surface area contributed by atoms with Crippen LogP contribution < -0.4 is 5.73 Å². The minimum Gasteiger partial charge on any atom is -0.392 e. The van der Waals surface area contributed by atoms with Gasteiger partial charge in [-0.2, -0.15) is 0 Å². The largest absolute Gasteiger partial charge is 0.392 e. The second kappa shape index (κ2) is 8.52. The first-order valence-corrected chi connectivity index (χ1v) is 11.4. The fourth-order valence-electron chi connectivity index (χ4n) is 5.37. The molecule has 3 heterocycles. The first-order valence-electron chi connectivity index (χ1n) is 11.4. The molecule has 0 spiro atoms. The Morgan fingerprint density at radius 1 is 1.22 bits per heavy atom. The van der Waals surface area contributed by atoms with Crippen LogP contribution >= 0.6 is 0 Å². The van der Waals surface area contributed by atoms with Gasteiger partial charge in [0.15, 0.2) is 0 Å². The number of aromatic nitrogens is 3. The van der Waals surface area contributed by atoms with E-state index in [-0.39, 0.29) is 17.6 Å². The average molecular weight is 431 g/mol. The van der Waals surface area contributed by atoms with E-state index >= 15 is 0 Å². The standard InChI is InChI=1S/C26H30N4O2/c1-2-26(12-10-19(11-13-26)32-16-18-6-5-9-25(27)29-18)24(31)14-22-20-7-3-4-8-21(20)23-15-28-17-30(22)23/h2-9,15,17,19,22,24,31H,1,10-14,16H2,(H2,27,29)/t19-,22?,24?,26-. The van der Waals surface area contributed by atoms with Crippen LogP contribution in [-0.4, -0.2) is 31.8 Å². The minimum atomic E-state index is -0.483. The Labute approximate surface area is 188 Å². The van der Waals surface area contributed by atoms with Crippen LogP contribution in [0.4, 0.5) is 5.82 Å². The lowest BCUT2D eigenvalue weighted by molar-refractivity contribution is -0.0431. The van der Waals surface area contributed by atoms with Gasteiger partial charge >= 0.3 is 0 Å². The van der Waals surface area contributed by atoms with E-state index in [4.69, 9.17) is 10.5 Å². The van der Waals surface area contributed by atoms with E-state index in [0.717, 1.165) is 37.1 Å². The van der Waals surface area contributed by atoms with Gasteiger partial charge in [-0.05, 0) is 49.8 Å². The maximum Gasteiger partial charge on any atom is 0.123 e. The summed E-state index contributed by atoms with van der Waals surface area (Å²) in [6, 6.07) is 14.1. The molecule has 1 saturated carbocycles. The molecule has 3 aromatic rings. The molecule has 1 aliphatic carbocycles. The number of nitrogens with zero attached hydrogens (tertiary/aromatic N) is 3. The van der Waals surface area contributed by atoms with Crippen molar-refractivity contribution < 1.29 is 9.84 Å². The van der Waals surface area contributed by atoms with E-state index in [1.165, 1.54) is 11.1 Å². The molecule has 2 unspecified atom stereocenters. The number of ether oxygens (including phenoxy) is 1. The van der Waals surface area contributed by atoms with E-state index in [2.05, 4.69) is 45.4 Å². The lowest BCUT2D eigenvalue weighted by Crippen LogP contribution is -2.40. The molecule has 6 nitrogen and oxygen atoms in total. The van der Waals surface area contributed by atoms with Crippen LogP contribution in [0.2, 0.25) is 0 Å². The van der Waals surface area contributed by atoms with Crippen LogP contribution in [0.3, 0.4) is 0 Å². The molecule has 0 amide bonds. The summed E-state index contributed by atoms with van der Waals surface area (Å²) in [5, 5.41) is 11.4. The number of nitrogen functional groups attached to an aromatic ring is 1. The topological polar surface area (TPSA) is 86.2 Å². The summed E-state index contributed by atoms with van der Waals surface area (Å²) in [5.41, 5.74) is 9.91. The summed E-state index contributed by atoms with van der Waals surface area (Å²) in [6.07, 6.45) is 9.58. The molecule has 2 aromatic heterocycles. The van der Waals surface area contributed by atoms with Gasteiger partial charge in [0.05, 0.1) is 48.8 Å². The van der Waals surface area contributed by atoms with Crippen molar-refractivity contribution in [3.63, 3.8) is 0 Å². The summed E-state index contributed by atoms with van der Waals surface area (Å²) in [5.74, 6) is 0.512. The van der Waals surface area contributed by atoms with Crippen molar-refractivity contribution in [2.24, 2.45) is 5.41 Å². The molecule has 5 rings (SSSR count). The lowest BCUT2D eigenvalue weighted by Gasteiger charge is -2.42. The normalized spacial score (nSPS) is 25.2. The van der Waals surface area contributed by atoms with Crippen molar-refractivity contribution >= 4 is 5.82 Å². The monoisotopic (exact) mass is 430 g/mol. The first-order chi connectivity index (χ1) is 15.6. The van der Waals surface area contributed by atoms with Crippen molar-refractivity contribution in [2.75, 3.05) is 5.73 Å². The van der Waals surface area contributed by atoms with Crippen molar-refractivity contribution in [2.45, 2.75) is 57.0 Å². The summed E-state index contributed by atoms with van der Waals surface area (Å²) < 4.78 is 8.30. The van der Waals surface area contributed by atoms with E-state index in [0.29, 0.717) is 18.8 Å². The zero-order valence-corrected chi connectivity index (χ0v) is 18.2. The Morgan fingerprint density at radius 2 is 2.03 bits per heavy atom. The molecule has 32 heavy (non-hydrogen) atoms. The number of nitrogens with two attached hydrogens (primary N) is 1.